The minimum Gasteiger partial charge on any atom is -0.322 e. The Labute approximate surface area is 151 Å². The van der Waals surface area contributed by atoms with Crippen molar-refractivity contribution in [2.45, 2.75) is 37.8 Å². The number of nitrogens with zero attached hydrogens (tertiary/aromatic N) is 3. The highest BCUT2D eigenvalue weighted by Crippen LogP contribution is 2.35. The first-order chi connectivity index (χ1) is 12.7. The Balaban J connectivity index is 1.42. The van der Waals surface area contributed by atoms with E-state index in [0.29, 0.717) is 13.1 Å². The third kappa shape index (κ3) is 3.08. The molecule has 0 radical (unpaired) electrons. The number of carbonyl (C=O) groups excluding carboxylic acids is 2. The number of hydrogen-bond acceptors (Lipinski definition) is 5. The van der Waals surface area contributed by atoms with Gasteiger partial charge in [0.15, 0.2) is 0 Å². The first-order valence-electron chi connectivity index (χ1n) is 8.98. The zero-order valence-corrected chi connectivity index (χ0v) is 14.4. The summed E-state index contributed by atoms with van der Waals surface area (Å²) in [5.74, 6) is -0.0590. The van der Waals surface area contributed by atoms with Gasteiger partial charge in [-0.15, -0.1) is 0 Å². The fourth-order valence-electron chi connectivity index (χ4n) is 3.93. The van der Waals surface area contributed by atoms with E-state index in [-0.39, 0.29) is 11.8 Å². The molecule has 1 aliphatic heterocycles. The summed E-state index contributed by atoms with van der Waals surface area (Å²) in [6, 6.07) is 9.28. The molecule has 2 aliphatic rings. The Morgan fingerprint density at radius 3 is 2.65 bits per heavy atom. The molecule has 2 aromatic rings. The lowest BCUT2D eigenvalue weighted by molar-refractivity contribution is -0.125. The van der Waals surface area contributed by atoms with Gasteiger partial charge in [-0.1, -0.05) is 31.0 Å². The maximum Gasteiger partial charge on any atom is 0.322 e. The summed E-state index contributed by atoms with van der Waals surface area (Å²) in [5, 5.41) is 17.3. The Morgan fingerprint density at radius 1 is 1.19 bits per heavy atom. The smallest absolute Gasteiger partial charge is 0.322 e. The summed E-state index contributed by atoms with van der Waals surface area (Å²) < 4.78 is 0. The van der Waals surface area contributed by atoms with Crippen LogP contribution in [0.2, 0.25) is 0 Å². The second kappa shape index (κ2) is 6.87. The quantitative estimate of drug-likeness (QED) is 0.675. The molecule has 0 bridgehead atoms. The Hall–Kier alpha value is -2.74. The summed E-state index contributed by atoms with van der Waals surface area (Å²) in [5.41, 5.74) is 0.812. The van der Waals surface area contributed by atoms with Crippen LogP contribution in [-0.4, -0.2) is 39.0 Å². The summed E-state index contributed by atoms with van der Waals surface area (Å²) >= 11 is 0. The van der Waals surface area contributed by atoms with Crippen LogP contribution in [0, 0.1) is 5.92 Å². The number of imide groups is 1. The predicted molar refractivity (Wildman–Crippen MR) is 94.4 cm³/mol. The fourth-order valence-corrected chi connectivity index (χ4v) is 3.93. The molecule has 8 nitrogen and oxygen atoms in total. The summed E-state index contributed by atoms with van der Waals surface area (Å²) in [7, 11) is 0. The molecular formula is C18H22N6O2. The lowest BCUT2D eigenvalue weighted by atomic mass is 9.82. The maximum absolute atomic E-state index is 12.5. The third-order valence-corrected chi connectivity index (χ3v) is 5.26. The average molecular weight is 354 g/mol. The zero-order valence-electron chi connectivity index (χ0n) is 14.4. The van der Waals surface area contributed by atoms with Crippen LogP contribution in [0.25, 0.3) is 5.69 Å². The van der Waals surface area contributed by atoms with Gasteiger partial charge in [0, 0.05) is 13.1 Å². The predicted octanol–water partition coefficient (Wildman–Crippen LogP) is 1.13. The van der Waals surface area contributed by atoms with Crippen LogP contribution >= 0.6 is 0 Å². The van der Waals surface area contributed by atoms with E-state index in [1.807, 2.05) is 30.3 Å². The van der Waals surface area contributed by atoms with Crippen molar-refractivity contribution in [3.63, 3.8) is 0 Å². The number of carbonyl (C=O) groups is 2. The molecule has 1 saturated heterocycles. The highest BCUT2D eigenvalue weighted by molar-refractivity contribution is 6.07. The molecule has 1 aromatic carbocycles. The first-order valence-corrected chi connectivity index (χ1v) is 8.98. The SMILES string of the molecule is O=C1NC(=O)C(CNCc2cnn(-c3ccccc3)n2)(C2CCCC2)N1. The zero-order chi connectivity index (χ0) is 18.0. The summed E-state index contributed by atoms with van der Waals surface area (Å²) in [4.78, 5) is 25.8. The van der Waals surface area contributed by atoms with Gasteiger partial charge >= 0.3 is 6.03 Å². The Bertz CT molecular complexity index is 799. The highest BCUT2D eigenvalue weighted by atomic mass is 16.2. The van der Waals surface area contributed by atoms with Crippen molar-refractivity contribution in [2.24, 2.45) is 5.92 Å². The third-order valence-electron chi connectivity index (χ3n) is 5.26. The van der Waals surface area contributed by atoms with Gasteiger partial charge in [0.25, 0.3) is 5.91 Å². The Morgan fingerprint density at radius 2 is 1.96 bits per heavy atom. The van der Waals surface area contributed by atoms with E-state index < -0.39 is 11.6 Å². The van der Waals surface area contributed by atoms with E-state index in [0.717, 1.165) is 37.1 Å². The van der Waals surface area contributed by atoms with Gasteiger partial charge in [-0.3, -0.25) is 10.1 Å². The minimum absolute atomic E-state index is 0.168. The number of benzene rings is 1. The van der Waals surface area contributed by atoms with E-state index in [4.69, 9.17) is 0 Å². The molecule has 136 valence electrons. The first kappa shape index (κ1) is 16.7. The van der Waals surface area contributed by atoms with E-state index >= 15 is 0 Å². The van der Waals surface area contributed by atoms with Crippen molar-refractivity contribution in [3.8, 4) is 5.69 Å². The number of rotatable bonds is 6. The van der Waals surface area contributed by atoms with Gasteiger partial charge in [0.05, 0.1) is 17.6 Å². The second-order valence-corrected chi connectivity index (χ2v) is 6.93. The molecule has 3 amide bonds. The number of para-hydroxylation sites is 1. The van der Waals surface area contributed by atoms with Crippen LogP contribution in [0.5, 0.6) is 0 Å². The molecular weight excluding hydrogens is 332 g/mol. The topological polar surface area (TPSA) is 101 Å². The van der Waals surface area contributed by atoms with E-state index in [2.05, 4.69) is 26.1 Å². The van der Waals surface area contributed by atoms with E-state index in [9.17, 15) is 9.59 Å². The molecule has 1 aromatic heterocycles. The lowest BCUT2D eigenvalue weighted by Gasteiger charge is -2.32. The minimum atomic E-state index is -0.858. The number of urea groups is 1. The summed E-state index contributed by atoms with van der Waals surface area (Å²) in [6.45, 7) is 0.859. The van der Waals surface area contributed by atoms with Crippen LogP contribution in [0.1, 0.15) is 31.4 Å². The number of hydrogen-bond donors (Lipinski definition) is 3. The van der Waals surface area contributed by atoms with Gasteiger partial charge in [0.1, 0.15) is 5.54 Å². The second-order valence-electron chi connectivity index (χ2n) is 6.93. The molecule has 26 heavy (non-hydrogen) atoms. The summed E-state index contributed by atoms with van der Waals surface area (Å²) in [6.07, 6.45) is 5.82. The monoisotopic (exact) mass is 354 g/mol. The van der Waals surface area contributed by atoms with E-state index in [1.165, 1.54) is 0 Å². The molecule has 2 fully saturated rings. The fraction of sp³-hybridized carbons (Fsp3) is 0.444. The van der Waals surface area contributed by atoms with Crippen LogP contribution in [0.3, 0.4) is 0 Å². The molecule has 1 saturated carbocycles. The number of nitrogens with one attached hydrogen (secondary N) is 3. The molecule has 4 rings (SSSR count). The lowest BCUT2D eigenvalue weighted by Crippen LogP contribution is -2.58. The highest BCUT2D eigenvalue weighted by Gasteiger charge is 2.51. The maximum atomic E-state index is 12.5. The van der Waals surface area contributed by atoms with Crippen LogP contribution in [0.4, 0.5) is 4.79 Å². The molecule has 1 atom stereocenters. The van der Waals surface area contributed by atoms with Crippen molar-refractivity contribution in [1.29, 1.82) is 0 Å². The molecule has 2 heterocycles. The molecule has 0 spiro atoms. The van der Waals surface area contributed by atoms with Crippen molar-refractivity contribution in [2.75, 3.05) is 6.54 Å². The Kier molecular flexibility index (Phi) is 4.42. The van der Waals surface area contributed by atoms with Gasteiger partial charge in [-0.05, 0) is 30.9 Å². The molecule has 1 aliphatic carbocycles. The van der Waals surface area contributed by atoms with Crippen LogP contribution in [0.15, 0.2) is 36.5 Å². The van der Waals surface area contributed by atoms with Crippen molar-refractivity contribution < 1.29 is 9.59 Å². The number of amides is 3. The van der Waals surface area contributed by atoms with Crippen molar-refractivity contribution >= 4 is 11.9 Å². The van der Waals surface area contributed by atoms with Crippen LogP contribution in [-0.2, 0) is 11.3 Å². The van der Waals surface area contributed by atoms with Gasteiger partial charge < -0.3 is 10.6 Å². The average Bonchev–Trinajstić information content (AvgIpc) is 3.37. The van der Waals surface area contributed by atoms with Gasteiger partial charge in [0.2, 0.25) is 0 Å². The number of aromatic nitrogens is 3. The molecule has 1 unspecified atom stereocenters. The largest absolute Gasteiger partial charge is 0.322 e. The molecule has 8 heteroatoms. The molecule has 3 N–H and O–H groups in total. The standard InChI is InChI=1S/C18H22N6O2/c25-16-18(22-17(26)21-16,13-6-4-5-7-13)12-19-10-14-11-20-24(23-14)15-8-2-1-3-9-15/h1-3,8-9,11,13,19H,4-7,10,12H2,(H2,21,22,25,26). The van der Waals surface area contributed by atoms with Gasteiger partial charge in [-0.25, -0.2) is 4.79 Å². The van der Waals surface area contributed by atoms with Crippen molar-refractivity contribution in [1.82, 2.24) is 30.9 Å². The normalized spacial score (nSPS) is 23.2. The van der Waals surface area contributed by atoms with Crippen molar-refractivity contribution in [3.05, 3.63) is 42.2 Å². The van der Waals surface area contributed by atoms with E-state index in [1.54, 1.807) is 11.0 Å². The van der Waals surface area contributed by atoms with Gasteiger partial charge in [-0.2, -0.15) is 15.0 Å². The van der Waals surface area contributed by atoms with Crippen LogP contribution < -0.4 is 16.0 Å².